The molecular weight excluding hydrogens is 534 g/mol. The van der Waals surface area contributed by atoms with E-state index in [-0.39, 0.29) is 11.8 Å². The number of nitrogens with zero attached hydrogens (tertiary/aromatic N) is 4. The Bertz CT molecular complexity index is 1740. The molecule has 41 heavy (non-hydrogen) atoms. The molecule has 1 aliphatic heterocycles. The lowest BCUT2D eigenvalue weighted by atomic mass is 9.96. The molecule has 1 saturated carbocycles. The summed E-state index contributed by atoms with van der Waals surface area (Å²) < 4.78 is 58.7. The van der Waals surface area contributed by atoms with Crippen LogP contribution in [0.15, 0.2) is 77.9 Å². The third-order valence-corrected chi connectivity index (χ3v) is 7.25. The molecule has 0 saturated heterocycles. The third-order valence-electron chi connectivity index (χ3n) is 7.25. The number of hydrogen-bond acceptors (Lipinski definition) is 5. The maximum absolute atomic E-state index is 14.5. The summed E-state index contributed by atoms with van der Waals surface area (Å²) in [7, 11) is 0. The number of aromatic nitrogens is 3. The van der Waals surface area contributed by atoms with Gasteiger partial charge in [-0.05, 0) is 80.4 Å². The van der Waals surface area contributed by atoms with Gasteiger partial charge in [0.25, 0.3) is 0 Å². The predicted molar refractivity (Wildman–Crippen MR) is 149 cm³/mol. The van der Waals surface area contributed by atoms with E-state index >= 15 is 0 Å². The molecule has 0 bridgehead atoms. The Kier molecular flexibility index (Phi) is 7.07. The van der Waals surface area contributed by atoms with Crippen LogP contribution in [0.1, 0.15) is 37.8 Å². The minimum absolute atomic E-state index is 0.162. The number of fused-ring (bicyclic) bond motifs is 2. The van der Waals surface area contributed by atoms with Gasteiger partial charge in [-0.3, -0.25) is 9.98 Å². The second-order valence-electron chi connectivity index (χ2n) is 10.2. The molecule has 3 aromatic rings. The van der Waals surface area contributed by atoms with E-state index in [1.807, 2.05) is 31.2 Å². The summed E-state index contributed by atoms with van der Waals surface area (Å²) in [6, 6.07) is 17.6. The quantitative estimate of drug-likeness (QED) is 0.175. The Labute approximate surface area is 233 Å². The number of halogens is 4. The summed E-state index contributed by atoms with van der Waals surface area (Å²) in [6.07, 6.45) is 2.33. The molecular formula is C31H27F4N5O. The standard InChI is InChI=1S/C31H27F4N5O/c1-19-24(8-5-15-36-19)38-26-17-28-30(18-27(26)37-21-6-3-2-4-7-21)40(29-16-20(32)9-14-25(29)39-28)22-10-12-23(13-11-22)41-31(33,34)35/h5,8-18,21,38H,2-4,6-7H2,1H3. The Morgan fingerprint density at radius 2 is 1.73 bits per heavy atom. The zero-order valence-electron chi connectivity index (χ0n) is 22.3. The van der Waals surface area contributed by atoms with Crippen LogP contribution in [0.4, 0.5) is 28.9 Å². The van der Waals surface area contributed by atoms with Crippen LogP contribution in [0.2, 0.25) is 0 Å². The van der Waals surface area contributed by atoms with Crippen molar-refractivity contribution in [2.24, 2.45) is 4.99 Å². The van der Waals surface area contributed by atoms with Crippen LogP contribution in [0.3, 0.4) is 0 Å². The predicted octanol–water partition coefficient (Wildman–Crippen LogP) is 7.85. The third kappa shape index (κ3) is 5.86. The van der Waals surface area contributed by atoms with Crippen molar-refractivity contribution in [3.63, 3.8) is 0 Å². The average Bonchev–Trinajstić information content (AvgIpc) is 2.94. The number of benzene rings is 3. The Morgan fingerprint density at radius 1 is 0.951 bits per heavy atom. The van der Waals surface area contributed by atoms with Crippen LogP contribution < -0.4 is 15.4 Å². The lowest BCUT2D eigenvalue weighted by molar-refractivity contribution is -0.274. The van der Waals surface area contributed by atoms with E-state index in [1.54, 1.807) is 16.8 Å². The smallest absolute Gasteiger partial charge is 0.406 e. The number of nitrogens with one attached hydrogen (secondary N) is 1. The van der Waals surface area contributed by atoms with Crippen LogP contribution in [0, 0.1) is 12.7 Å². The van der Waals surface area contributed by atoms with Crippen molar-refractivity contribution in [1.29, 1.82) is 0 Å². The summed E-state index contributed by atoms with van der Waals surface area (Å²) in [6.45, 7) is 1.92. The normalized spacial score (nSPS) is 15.0. The number of pyridine rings is 1. The highest BCUT2D eigenvalue weighted by Gasteiger charge is 2.31. The van der Waals surface area contributed by atoms with Crippen molar-refractivity contribution < 1.29 is 22.3 Å². The fourth-order valence-electron chi connectivity index (χ4n) is 5.31. The Balaban J connectivity index is 1.58. The van der Waals surface area contributed by atoms with Gasteiger partial charge < -0.3 is 14.6 Å². The van der Waals surface area contributed by atoms with Crippen LogP contribution in [0.25, 0.3) is 28.1 Å². The van der Waals surface area contributed by atoms with Crippen molar-refractivity contribution in [1.82, 2.24) is 14.5 Å². The number of hydrogen-bond donors (Lipinski definition) is 1. The van der Waals surface area contributed by atoms with Gasteiger partial charge in [-0.2, -0.15) is 0 Å². The van der Waals surface area contributed by atoms with Gasteiger partial charge in [0.2, 0.25) is 0 Å². The first-order valence-corrected chi connectivity index (χ1v) is 13.5. The van der Waals surface area contributed by atoms with Gasteiger partial charge in [-0.15, -0.1) is 13.2 Å². The van der Waals surface area contributed by atoms with Crippen LogP contribution >= 0.6 is 0 Å². The van der Waals surface area contributed by atoms with Gasteiger partial charge in [0.1, 0.15) is 11.6 Å². The van der Waals surface area contributed by atoms with Crippen molar-refractivity contribution in [3.05, 3.63) is 89.8 Å². The van der Waals surface area contributed by atoms with Gasteiger partial charge in [0.05, 0.1) is 50.9 Å². The summed E-state index contributed by atoms with van der Waals surface area (Å²) in [4.78, 5) is 14.3. The molecule has 2 aromatic carbocycles. The largest absolute Gasteiger partial charge is 0.573 e. The van der Waals surface area contributed by atoms with E-state index in [9.17, 15) is 17.6 Å². The highest BCUT2D eigenvalue weighted by molar-refractivity contribution is 5.84. The number of aryl methyl sites for hydroxylation is 1. The Hall–Kier alpha value is -4.47. The minimum atomic E-state index is -4.81. The maximum atomic E-state index is 14.5. The monoisotopic (exact) mass is 561 g/mol. The van der Waals surface area contributed by atoms with Gasteiger partial charge >= 0.3 is 6.36 Å². The molecule has 1 N–H and O–H groups in total. The molecule has 3 aliphatic rings. The van der Waals surface area contributed by atoms with E-state index in [1.165, 1.54) is 42.8 Å². The van der Waals surface area contributed by atoms with Crippen molar-refractivity contribution in [2.45, 2.75) is 51.4 Å². The first kappa shape index (κ1) is 26.7. The molecule has 0 amide bonds. The molecule has 1 fully saturated rings. The molecule has 2 aliphatic carbocycles. The molecule has 0 radical (unpaired) electrons. The molecule has 10 heteroatoms. The average molecular weight is 562 g/mol. The summed E-state index contributed by atoms with van der Waals surface area (Å²) in [5.74, 6) is -0.802. The first-order valence-electron chi connectivity index (χ1n) is 13.5. The molecule has 0 spiro atoms. The second-order valence-corrected chi connectivity index (χ2v) is 10.2. The van der Waals surface area contributed by atoms with E-state index in [4.69, 9.17) is 9.98 Å². The number of alkyl halides is 3. The molecule has 0 unspecified atom stereocenters. The van der Waals surface area contributed by atoms with Gasteiger partial charge in [0, 0.05) is 18.0 Å². The van der Waals surface area contributed by atoms with E-state index in [0.717, 1.165) is 48.1 Å². The number of anilines is 2. The molecule has 6 rings (SSSR count). The second kappa shape index (κ2) is 10.8. The summed E-state index contributed by atoms with van der Waals surface area (Å²) in [5, 5.41) is 4.20. The molecule has 2 heterocycles. The van der Waals surface area contributed by atoms with Crippen molar-refractivity contribution in [2.75, 3.05) is 5.32 Å². The maximum Gasteiger partial charge on any atom is 0.573 e. The minimum Gasteiger partial charge on any atom is -0.406 e. The molecule has 0 atom stereocenters. The van der Waals surface area contributed by atoms with Gasteiger partial charge in [-0.1, -0.05) is 19.3 Å². The van der Waals surface area contributed by atoms with Crippen LogP contribution in [0.5, 0.6) is 5.75 Å². The number of rotatable bonds is 5. The molecule has 1 aromatic heterocycles. The zero-order chi connectivity index (χ0) is 28.6. The summed E-state index contributed by atoms with van der Waals surface area (Å²) >= 11 is 0. The fraction of sp³-hybridized carbons (Fsp3) is 0.258. The highest BCUT2D eigenvalue weighted by Crippen LogP contribution is 2.33. The van der Waals surface area contributed by atoms with Crippen molar-refractivity contribution >= 4 is 22.4 Å². The van der Waals surface area contributed by atoms with Crippen LogP contribution in [-0.4, -0.2) is 26.9 Å². The number of ether oxygens (including phenoxy) is 1. The van der Waals surface area contributed by atoms with Crippen LogP contribution in [-0.2, 0) is 0 Å². The Morgan fingerprint density at radius 3 is 2.46 bits per heavy atom. The first-order chi connectivity index (χ1) is 19.7. The molecule has 6 nitrogen and oxygen atoms in total. The zero-order valence-corrected chi connectivity index (χ0v) is 22.3. The lowest BCUT2D eigenvalue weighted by Gasteiger charge is -2.22. The lowest BCUT2D eigenvalue weighted by Crippen LogP contribution is -2.20. The highest BCUT2D eigenvalue weighted by atomic mass is 19.4. The van der Waals surface area contributed by atoms with E-state index < -0.39 is 12.2 Å². The SMILES string of the molecule is Cc1ncccc1Nc1cc2nc3ccc(F)cc3n(-c3ccc(OC(F)(F)F)cc3)c-2cc1=NC1CCCCC1. The van der Waals surface area contributed by atoms with Gasteiger partial charge in [0.15, 0.2) is 0 Å². The topological polar surface area (TPSA) is 64.3 Å². The van der Waals surface area contributed by atoms with Gasteiger partial charge in [-0.25, -0.2) is 9.37 Å². The van der Waals surface area contributed by atoms with E-state index in [2.05, 4.69) is 15.0 Å². The molecule has 210 valence electrons. The van der Waals surface area contributed by atoms with E-state index in [0.29, 0.717) is 28.1 Å². The fourth-order valence-corrected chi connectivity index (χ4v) is 5.31. The van der Waals surface area contributed by atoms with Crippen molar-refractivity contribution in [3.8, 4) is 22.8 Å². The summed E-state index contributed by atoms with van der Waals surface area (Å²) in [5.41, 5.74) is 5.17.